The molecular weight excluding hydrogens is 509 g/mol. The summed E-state index contributed by atoms with van der Waals surface area (Å²) in [6, 6.07) is 10.1. The lowest BCUT2D eigenvalue weighted by molar-refractivity contribution is 0.394. The van der Waals surface area contributed by atoms with Gasteiger partial charge in [-0.1, -0.05) is 0 Å². The van der Waals surface area contributed by atoms with Crippen molar-refractivity contribution in [2.45, 2.75) is 25.9 Å². The molecule has 0 spiro atoms. The summed E-state index contributed by atoms with van der Waals surface area (Å²) in [4.78, 5) is 11.2. The van der Waals surface area contributed by atoms with Crippen LogP contribution in [0.25, 0.3) is 0 Å². The van der Waals surface area contributed by atoms with Gasteiger partial charge in [0.05, 0.1) is 27.9 Å². The number of rotatable bonds is 8. The zero-order valence-corrected chi connectivity index (χ0v) is 20.9. The number of guanidine groups is 1. The monoisotopic (exact) mass is 541 g/mol. The van der Waals surface area contributed by atoms with Crippen LogP contribution < -0.4 is 29.7 Å². The molecule has 1 atom stereocenters. The standard InChI is InChI=1S/C22H31N5O3.HI/c1-5-23-22(25-14-16-6-8-24-21(10-16)30-4)26-17-7-9-27(15-17)18-11-19(28-2)13-20(12-18)29-3;/h6,8,10-13,17H,5,7,9,14-15H2,1-4H3,(H2,23,25,26);1H. The molecule has 0 saturated carbocycles. The highest BCUT2D eigenvalue weighted by atomic mass is 127. The fourth-order valence-corrected chi connectivity index (χ4v) is 3.43. The van der Waals surface area contributed by atoms with Gasteiger partial charge in [0.2, 0.25) is 5.88 Å². The molecule has 0 bridgehead atoms. The predicted molar refractivity (Wildman–Crippen MR) is 134 cm³/mol. The highest BCUT2D eigenvalue weighted by Crippen LogP contribution is 2.30. The number of nitrogens with one attached hydrogen (secondary N) is 2. The van der Waals surface area contributed by atoms with Crippen molar-refractivity contribution in [2.24, 2.45) is 4.99 Å². The average molecular weight is 541 g/mol. The number of aromatic nitrogens is 1. The number of hydrogen-bond donors (Lipinski definition) is 2. The van der Waals surface area contributed by atoms with Gasteiger partial charge in [-0.05, 0) is 25.0 Å². The van der Waals surface area contributed by atoms with E-state index >= 15 is 0 Å². The van der Waals surface area contributed by atoms with E-state index in [2.05, 4.69) is 27.4 Å². The fourth-order valence-electron chi connectivity index (χ4n) is 3.43. The molecule has 170 valence electrons. The number of nitrogens with zero attached hydrogens (tertiary/aromatic N) is 3. The van der Waals surface area contributed by atoms with Crippen molar-refractivity contribution in [1.82, 2.24) is 15.6 Å². The third kappa shape index (κ3) is 7.05. The molecular formula is C22H32IN5O3. The Bertz CT molecular complexity index is 843. The lowest BCUT2D eigenvalue weighted by atomic mass is 10.2. The van der Waals surface area contributed by atoms with Crippen molar-refractivity contribution in [2.75, 3.05) is 45.9 Å². The normalized spacial score (nSPS) is 15.8. The van der Waals surface area contributed by atoms with Crippen molar-refractivity contribution < 1.29 is 14.2 Å². The third-order valence-corrected chi connectivity index (χ3v) is 5.00. The quantitative estimate of drug-likeness (QED) is 0.302. The van der Waals surface area contributed by atoms with Crippen LogP contribution in [0.15, 0.2) is 41.5 Å². The Morgan fingerprint density at radius 2 is 1.87 bits per heavy atom. The summed E-state index contributed by atoms with van der Waals surface area (Å²) in [5, 5.41) is 6.89. The number of benzene rings is 1. The van der Waals surface area contributed by atoms with Crippen molar-refractivity contribution in [3.05, 3.63) is 42.1 Å². The smallest absolute Gasteiger partial charge is 0.213 e. The molecule has 2 N–H and O–H groups in total. The molecule has 1 aromatic carbocycles. The SMILES string of the molecule is CCNC(=NCc1ccnc(OC)c1)NC1CCN(c2cc(OC)cc(OC)c2)C1.I. The molecule has 2 heterocycles. The Morgan fingerprint density at radius 3 is 2.52 bits per heavy atom. The Kier molecular flexibility index (Phi) is 9.96. The van der Waals surface area contributed by atoms with Gasteiger partial charge in [0, 0.05) is 61.8 Å². The topological polar surface area (TPSA) is 80.2 Å². The zero-order valence-electron chi connectivity index (χ0n) is 18.6. The first-order valence-corrected chi connectivity index (χ1v) is 10.2. The van der Waals surface area contributed by atoms with Crippen LogP contribution in [0.4, 0.5) is 5.69 Å². The lowest BCUT2D eigenvalue weighted by Gasteiger charge is -2.21. The van der Waals surface area contributed by atoms with Crippen LogP contribution in [0, 0.1) is 0 Å². The third-order valence-electron chi connectivity index (χ3n) is 5.00. The van der Waals surface area contributed by atoms with Crippen LogP contribution in [0.2, 0.25) is 0 Å². The van der Waals surface area contributed by atoms with Crippen molar-refractivity contribution in [3.8, 4) is 17.4 Å². The minimum atomic E-state index is 0. The predicted octanol–water partition coefficient (Wildman–Crippen LogP) is 3.06. The van der Waals surface area contributed by atoms with E-state index in [9.17, 15) is 0 Å². The van der Waals surface area contributed by atoms with Crippen LogP contribution >= 0.6 is 24.0 Å². The van der Waals surface area contributed by atoms with E-state index in [0.29, 0.717) is 18.5 Å². The van der Waals surface area contributed by atoms with Gasteiger partial charge < -0.3 is 29.7 Å². The van der Waals surface area contributed by atoms with E-state index in [1.54, 1.807) is 27.5 Å². The van der Waals surface area contributed by atoms with Crippen LogP contribution in [-0.4, -0.2) is 57.9 Å². The molecule has 1 unspecified atom stereocenters. The van der Waals surface area contributed by atoms with Gasteiger partial charge in [-0.15, -0.1) is 24.0 Å². The summed E-state index contributed by atoms with van der Waals surface area (Å²) >= 11 is 0. The Hall–Kier alpha value is -2.43. The summed E-state index contributed by atoms with van der Waals surface area (Å²) in [5.74, 6) is 3.00. The van der Waals surface area contributed by atoms with E-state index in [1.165, 1.54) is 0 Å². The summed E-state index contributed by atoms with van der Waals surface area (Å²) in [7, 11) is 4.96. The summed E-state index contributed by atoms with van der Waals surface area (Å²) in [5.41, 5.74) is 2.15. The molecule has 0 radical (unpaired) electrons. The van der Waals surface area contributed by atoms with E-state index in [4.69, 9.17) is 19.2 Å². The number of halogens is 1. The second-order valence-electron chi connectivity index (χ2n) is 7.05. The van der Waals surface area contributed by atoms with Gasteiger partial charge in [-0.2, -0.15) is 0 Å². The first kappa shape index (κ1) is 24.8. The second-order valence-corrected chi connectivity index (χ2v) is 7.05. The first-order chi connectivity index (χ1) is 14.6. The molecule has 2 aromatic rings. The highest BCUT2D eigenvalue weighted by Gasteiger charge is 2.24. The number of aliphatic imine (C=N–C) groups is 1. The van der Waals surface area contributed by atoms with Crippen LogP contribution in [0.3, 0.4) is 0 Å². The molecule has 8 nitrogen and oxygen atoms in total. The van der Waals surface area contributed by atoms with E-state index < -0.39 is 0 Å². The van der Waals surface area contributed by atoms with Crippen molar-refractivity contribution >= 4 is 35.6 Å². The molecule has 0 aliphatic carbocycles. The molecule has 9 heteroatoms. The number of anilines is 1. The van der Waals surface area contributed by atoms with E-state index in [0.717, 1.165) is 54.8 Å². The number of ether oxygens (including phenoxy) is 3. The summed E-state index contributed by atoms with van der Waals surface area (Å²) in [6.45, 7) is 5.25. The van der Waals surface area contributed by atoms with Crippen LogP contribution in [0.5, 0.6) is 17.4 Å². The molecule has 1 aliphatic rings. The first-order valence-electron chi connectivity index (χ1n) is 10.2. The maximum Gasteiger partial charge on any atom is 0.213 e. The molecule has 31 heavy (non-hydrogen) atoms. The number of pyridine rings is 1. The van der Waals surface area contributed by atoms with Gasteiger partial charge in [-0.3, -0.25) is 0 Å². The second kappa shape index (κ2) is 12.4. The van der Waals surface area contributed by atoms with Crippen LogP contribution in [0.1, 0.15) is 18.9 Å². The molecule has 1 aliphatic heterocycles. The lowest BCUT2D eigenvalue weighted by Crippen LogP contribution is -2.44. The summed E-state index contributed by atoms with van der Waals surface area (Å²) in [6.07, 6.45) is 2.76. The number of methoxy groups -OCH3 is 3. The van der Waals surface area contributed by atoms with Crippen LogP contribution in [-0.2, 0) is 6.54 Å². The molecule has 1 aromatic heterocycles. The largest absolute Gasteiger partial charge is 0.497 e. The maximum absolute atomic E-state index is 5.41. The minimum Gasteiger partial charge on any atom is -0.497 e. The molecule has 3 rings (SSSR count). The minimum absolute atomic E-state index is 0. The van der Waals surface area contributed by atoms with E-state index in [1.807, 2.05) is 30.3 Å². The molecule has 0 amide bonds. The van der Waals surface area contributed by atoms with Gasteiger partial charge in [0.1, 0.15) is 11.5 Å². The number of hydrogen-bond acceptors (Lipinski definition) is 6. The van der Waals surface area contributed by atoms with Gasteiger partial charge in [0.15, 0.2) is 5.96 Å². The zero-order chi connectivity index (χ0) is 21.3. The molecule has 1 fully saturated rings. The summed E-state index contributed by atoms with van der Waals surface area (Å²) < 4.78 is 16.0. The Labute approximate surface area is 201 Å². The van der Waals surface area contributed by atoms with Gasteiger partial charge in [-0.25, -0.2) is 9.98 Å². The van der Waals surface area contributed by atoms with Gasteiger partial charge >= 0.3 is 0 Å². The fraction of sp³-hybridized carbons (Fsp3) is 0.455. The maximum atomic E-state index is 5.41. The Balaban J connectivity index is 0.00000341. The van der Waals surface area contributed by atoms with Crippen molar-refractivity contribution in [3.63, 3.8) is 0 Å². The van der Waals surface area contributed by atoms with E-state index in [-0.39, 0.29) is 24.0 Å². The highest BCUT2D eigenvalue weighted by molar-refractivity contribution is 14.0. The molecule has 1 saturated heterocycles. The van der Waals surface area contributed by atoms with Crippen molar-refractivity contribution in [1.29, 1.82) is 0 Å². The average Bonchev–Trinajstić information content (AvgIpc) is 3.26. The Morgan fingerprint density at radius 1 is 1.13 bits per heavy atom. The van der Waals surface area contributed by atoms with Gasteiger partial charge in [0.25, 0.3) is 0 Å².